The topological polar surface area (TPSA) is 117 Å². The van der Waals surface area contributed by atoms with Gasteiger partial charge in [0.25, 0.3) is 0 Å². The lowest BCUT2D eigenvalue weighted by Crippen LogP contribution is -2.62. The van der Waals surface area contributed by atoms with Crippen LogP contribution in [-0.2, 0) is 23.7 Å². The standard InChI is InChI=1S/C21H23F3N4O6/c1-10(29)32-19-15(4-5-25-30)33-16-9-31-21(2,3)34-20(16)18(19)28-8-14(26-27-28)11-6-12(22)17(24)13(23)7-11/h5-8,15-16,18-20,30H,4,9H2,1-3H3/b25-5+/t15-,16-,18-,19+,20+/m1/s1. The number of carbonyl (C=O) groups is 1. The van der Waals surface area contributed by atoms with Gasteiger partial charge in [0.15, 0.2) is 29.3 Å². The van der Waals surface area contributed by atoms with Gasteiger partial charge in [-0.15, -0.1) is 10.3 Å². The van der Waals surface area contributed by atoms with E-state index in [1.807, 2.05) is 0 Å². The maximum absolute atomic E-state index is 13.8. The molecular formula is C21H23F3N4O6. The largest absolute Gasteiger partial charge is 0.457 e. The molecule has 10 nitrogen and oxygen atoms in total. The molecule has 2 saturated heterocycles. The number of hydrogen-bond donors (Lipinski definition) is 1. The Labute approximate surface area is 192 Å². The minimum absolute atomic E-state index is 0.0347. The van der Waals surface area contributed by atoms with Crippen LogP contribution in [0.3, 0.4) is 0 Å². The minimum Gasteiger partial charge on any atom is -0.457 e. The highest BCUT2D eigenvalue weighted by molar-refractivity contribution is 5.66. The summed E-state index contributed by atoms with van der Waals surface area (Å²) in [6.07, 6.45) is -0.354. The molecule has 3 heterocycles. The molecule has 0 saturated carbocycles. The van der Waals surface area contributed by atoms with Crippen molar-refractivity contribution in [3.8, 4) is 11.3 Å². The second-order valence-electron chi connectivity index (χ2n) is 8.44. The number of ether oxygens (including phenoxy) is 4. The molecule has 1 N–H and O–H groups in total. The number of oxime groups is 1. The van der Waals surface area contributed by atoms with Gasteiger partial charge in [-0.1, -0.05) is 5.21 Å². The fourth-order valence-corrected chi connectivity index (χ4v) is 4.17. The Balaban J connectivity index is 1.76. The molecule has 5 atom stereocenters. The molecule has 1 aromatic heterocycles. The Morgan fingerprint density at radius 1 is 1.35 bits per heavy atom. The third kappa shape index (κ3) is 4.76. The summed E-state index contributed by atoms with van der Waals surface area (Å²) >= 11 is 0. The predicted octanol–water partition coefficient (Wildman–Crippen LogP) is 2.60. The van der Waals surface area contributed by atoms with Crippen LogP contribution < -0.4 is 0 Å². The van der Waals surface area contributed by atoms with Crippen LogP contribution in [0.1, 0.15) is 33.2 Å². The first-order valence-corrected chi connectivity index (χ1v) is 10.5. The summed E-state index contributed by atoms with van der Waals surface area (Å²) in [4.78, 5) is 11.9. The van der Waals surface area contributed by atoms with Crippen molar-refractivity contribution in [2.45, 2.75) is 63.4 Å². The number of aromatic nitrogens is 3. The molecule has 0 aliphatic carbocycles. The van der Waals surface area contributed by atoms with Crippen molar-refractivity contribution in [1.82, 2.24) is 15.0 Å². The van der Waals surface area contributed by atoms with Gasteiger partial charge in [-0.3, -0.25) is 4.79 Å². The average molecular weight is 484 g/mol. The molecule has 0 radical (unpaired) electrons. The molecule has 184 valence electrons. The third-order valence-electron chi connectivity index (χ3n) is 5.59. The van der Waals surface area contributed by atoms with E-state index >= 15 is 0 Å². The minimum atomic E-state index is -1.59. The highest BCUT2D eigenvalue weighted by atomic mass is 19.2. The van der Waals surface area contributed by atoms with Gasteiger partial charge < -0.3 is 24.2 Å². The van der Waals surface area contributed by atoms with Crippen molar-refractivity contribution >= 4 is 12.2 Å². The van der Waals surface area contributed by atoms with Gasteiger partial charge in [0.1, 0.15) is 30.0 Å². The van der Waals surface area contributed by atoms with Crippen molar-refractivity contribution in [2.24, 2.45) is 5.16 Å². The van der Waals surface area contributed by atoms with Crippen molar-refractivity contribution in [3.63, 3.8) is 0 Å². The van der Waals surface area contributed by atoms with E-state index in [4.69, 9.17) is 24.2 Å². The average Bonchev–Trinajstić information content (AvgIpc) is 3.24. The molecule has 2 aliphatic heterocycles. The quantitative estimate of drug-likeness (QED) is 0.226. The van der Waals surface area contributed by atoms with E-state index in [1.165, 1.54) is 24.0 Å². The number of esters is 1. The summed E-state index contributed by atoms with van der Waals surface area (Å²) < 4.78 is 65.7. The van der Waals surface area contributed by atoms with Crippen LogP contribution >= 0.6 is 0 Å². The van der Waals surface area contributed by atoms with E-state index in [9.17, 15) is 18.0 Å². The fourth-order valence-electron chi connectivity index (χ4n) is 4.17. The van der Waals surface area contributed by atoms with Crippen molar-refractivity contribution < 1.29 is 42.1 Å². The van der Waals surface area contributed by atoms with Crippen molar-refractivity contribution in [2.75, 3.05) is 6.61 Å². The number of carbonyl (C=O) groups excluding carboxylic acids is 1. The van der Waals surface area contributed by atoms with Crippen LogP contribution in [0.25, 0.3) is 11.3 Å². The van der Waals surface area contributed by atoms with Crippen LogP contribution in [0, 0.1) is 17.5 Å². The molecule has 1 aromatic carbocycles. The summed E-state index contributed by atoms with van der Waals surface area (Å²) in [6.45, 7) is 4.81. The number of halogens is 3. The van der Waals surface area contributed by atoms with E-state index in [-0.39, 0.29) is 24.3 Å². The Morgan fingerprint density at radius 2 is 2.06 bits per heavy atom. The van der Waals surface area contributed by atoms with E-state index in [1.54, 1.807) is 13.8 Å². The number of benzene rings is 1. The molecule has 2 fully saturated rings. The molecule has 2 aromatic rings. The molecule has 34 heavy (non-hydrogen) atoms. The normalized spacial score (nSPS) is 28.6. The zero-order chi connectivity index (χ0) is 24.6. The van der Waals surface area contributed by atoms with Gasteiger partial charge in [-0.05, 0) is 26.0 Å². The lowest BCUT2D eigenvalue weighted by Gasteiger charge is -2.50. The Kier molecular flexibility index (Phi) is 6.60. The van der Waals surface area contributed by atoms with Gasteiger partial charge in [-0.25, -0.2) is 17.9 Å². The monoisotopic (exact) mass is 484 g/mol. The molecule has 0 spiro atoms. The maximum atomic E-state index is 13.8. The molecule has 0 bridgehead atoms. The van der Waals surface area contributed by atoms with Crippen LogP contribution in [0.15, 0.2) is 23.5 Å². The second kappa shape index (κ2) is 9.31. The van der Waals surface area contributed by atoms with Gasteiger partial charge in [0.05, 0.1) is 12.8 Å². The summed E-state index contributed by atoms with van der Waals surface area (Å²) in [7, 11) is 0. The van der Waals surface area contributed by atoms with Crippen LogP contribution in [-0.4, -0.2) is 69.2 Å². The van der Waals surface area contributed by atoms with Crippen LogP contribution in [0.4, 0.5) is 13.2 Å². The number of fused-ring (bicyclic) bond motifs is 1. The Hall–Kier alpha value is -3.03. The lowest BCUT2D eigenvalue weighted by molar-refractivity contribution is -0.348. The van der Waals surface area contributed by atoms with Crippen molar-refractivity contribution in [1.29, 1.82) is 0 Å². The predicted molar refractivity (Wildman–Crippen MR) is 108 cm³/mol. The molecule has 13 heteroatoms. The van der Waals surface area contributed by atoms with Crippen LogP contribution in [0.2, 0.25) is 0 Å². The van der Waals surface area contributed by atoms with Gasteiger partial charge >= 0.3 is 5.97 Å². The van der Waals surface area contributed by atoms with E-state index in [2.05, 4.69) is 15.5 Å². The fraction of sp³-hybridized carbons (Fsp3) is 0.524. The molecule has 0 amide bonds. The molecule has 2 aliphatic rings. The number of hydrogen-bond acceptors (Lipinski definition) is 9. The first-order chi connectivity index (χ1) is 16.1. The van der Waals surface area contributed by atoms with E-state index < -0.39 is 59.7 Å². The Morgan fingerprint density at radius 3 is 2.71 bits per heavy atom. The first-order valence-electron chi connectivity index (χ1n) is 10.5. The summed E-state index contributed by atoms with van der Waals surface area (Å²) in [5, 5.41) is 19.9. The highest BCUT2D eigenvalue weighted by Crippen LogP contribution is 2.40. The first kappa shape index (κ1) is 24.1. The summed E-state index contributed by atoms with van der Waals surface area (Å²) in [5.41, 5.74) is 0.0229. The van der Waals surface area contributed by atoms with Crippen molar-refractivity contribution in [3.05, 3.63) is 35.8 Å². The van der Waals surface area contributed by atoms with Gasteiger partial charge in [0, 0.05) is 25.1 Å². The van der Waals surface area contributed by atoms with Gasteiger partial charge in [-0.2, -0.15) is 0 Å². The van der Waals surface area contributed by atoms with E-state index in [0.717, 1.165) is 12.1 Å². The highest BCUT2D eigenvalue weighted by Gasteiger charge is 2.53. The molecule has 4 rings (SSSR count). The third-order valence-corrected chi connectivity index (χ3v) is 5.59. The number of rotatable bonds is 5. The van der Waals surface area contributed by atoms with Gasteiger partial charge in [0.2, 0.25) is 0 Å². The van der Waals surface area contributed by atoms with E-state index in [0.29, 0.717) is 0 Å². The van der Waals surface area contributed by atoms with Crippen LogP contribution in [0.5, 0.6) is 0 Å². The zero-order valence-corrected chi connectivity index (χ0v) is 18.5. The molecular weight excluding hydrogens is 461 g/mol. The smallest absolute Gasteiger partial charge is 0.303 e. The SMILES string of the molecule is CC(=O)O[C@@H]1[C@@H](n2cc(-c3cc(F)c(F)c(F)c3)nn2)[C@H]2OC(C)(C)OC[C@H]2O[C@@H]1C/C=N/O. The lowest BCUT2D eigenvalue weighted by atomic mass is 9.90. The second-order valence-corrected chi connectivity index (χ2v) is 8.44. The number of nitrogens with zero attached hydrogens (tertiary/aromatic N) is 4. The molecule has 0 unspecified atom stereocenters. The summed E-state index contributed by atoms with van der Waals surface area (Å²) in [6, 6.07) is 0.814. The zero-order valence-electron chi connectivity index (χ0n) is 18.5. The Bertz CT molecular complexity index is 1070. The summed E-state index contributed by atoms with van der Waals surface area (Å²) in [5.74, 6) is -5.92. The maximum Gasteiger partial charge on any atom is 0.303 e.